The van der Waals surface area contributed by atoms with Crippen molar-refractivity contribution in [3.63, 3.8) is 0 Å². The lowest BCUT2D eigenvalue weighted by Crippen LogP contribution is -3.11. The summed E-state index contributed by atoms with van der Waals surface area (Å²) in [7, 11) is 3.64. The number of anilines is 1. The third kappa shape index (κ3) is 6.39. The quantitative estimate of drug-likeness (QED) is 0.793. The third-order valence-corrected chi connectivity index (χ3v) is 3.94. The molecule has 2 amide bonds. The largest absolute Gasteiger partial charge is 0.337 e. The highest BCUT2D eigenvalue weighted by Gasteiger charge is 2.17. The van der Waals surface area contributed by atoms with Gasteiger partial charge in [0.15, 0.2) is 13.1 Å². The number of nitrogens with zero attached hydrogens (tertiary/aromatic N) is 1. The number of amides is 2. The molecule has 1 unspecified atom stereocenters. The van der Waals surface area contributed by atoms with E-state index in [1.807, 2.05) is 68.6 Å². The second-order valence-corrected chi connectivity index (χ2v) is 6.46. The van der Waals surface area contributed by atoms with Gasteiger partial charge < -0.3 is 15.1 Å². The Kier molecular flexibility index (Phi) is 6.71. The number of quaternary nitrogens is 1. The Balaban J connectivity index is 1.78. The van der Waals surface area contributed by atoms with E-state index < -0.39 is 0 Å². The summed E-state index contributed by atoms with van der Waals surface area (Å²) in [6.45, 7) is 3.10. The van der Waals surface area contributed by atoms with Gasteiger partial charge in [0, 0.05) is 19.3 Å². The average Bonchev–Trinajstić information content (AvgIpc) is 2.57. The topological polar surface area (TPSA) is 53.9 Å². The number of nitrogens with one attached hydrogen (secondary N) is 2. The molecule has 0 saturated carbocycles. The first kappa shape index (κ1) is 18.7. The van der Waals surface area contributed by atoms with E-state index in [1.54, 1.807) is 11.9 Å². The van der Waals surface area contributed by atoms with Gasteiger partial charge in [0.1, 0.15) is 0 Å². The van der Waals surface area contributed by atoms with Crippen molar-refractivity contribution in [1.29, 1.82) is 0 Å². The van der Waals surface area contributed by atoms with Gasteiger partial charge in [0.25, 0.3) is 11.8 Å². The van der Waals surface area contributed by atoms with Crippen LogP contribution in [0.3, 0.4) is 0 Å². The van der Waals surface area contributed by atoms with Crippen LogP contribution < -0.4 is 10.2 Å². The summed E-state index contributed by atoms with van der Waals surface area (Å²) < 4.78 is 0. The van der Waals surface area contributed by atoms with E-state index in [0.29, 0.717) is 6.54 Å². The minimum atomic E-state index is -0.0973. The van der Waals surface area contributed by atoms with Crippen molar-refractivity contribution in [3.05, 3.63) is 65.7 Å². The van der Waals surface area contributed by atoms with Crippen molar-refractivity contribution in [2.75, 3.05) is 32.5 Å². The molecule has 2 aromatic carbocycles. The van der Waals surface area contributed by atoms with Gasteiger partial charge in [-0.1, -0.05) is 48.0 Å². The zero-order valence-electron chi connectivity index (χ0n) is 15.1. The molecule has 0 aliphatic rings. The first-order chi connectivity index (χ1) is 11.9. The molecule has 1 atom stereocenters. The van der Waals surface area contributed by atoms with Crippen molar-refractivity contribution in [2.24, 2.45) is 0 Å². The second-order valence-electron chi connectivity index (χ2n) is 6.46. The summed E-state index contributed by atoms with van der Waals surface area (Å²) in [6, 6.07) is 17.5. The molecule has 0 aromatic heterocycles. The average molecular weight is 340 g/mol. The van der Waals surface area contributed by atoms with Gasteiger partial charge in [0.2, 0.25) is 0 Å². The Morgan fingerprint density at radius 1 is 1.00 bits per heavy atom. The van der Waals surface area contributed by atoms with Crippen molar-refractivity contribution >= 4 is 17.5 Å². The number of benzene rings is 2. The molecule has 5 nitrogen and oxygen atoms in total. The molecule has 0 aliphatic heterocycles. The minimum Gasteiger partial charge on any atom is -0.337 e. The van der Waals surface area contributed by atoms with Crippen molar-refractivity contribution < 1.29 is 14.5 Å². The van der Waals surface area contributed by atoms with Gasteiger partial charge in [-0.15, -0.1) is 0 Å². The zero-order valence-corrected chi connectivity index (χ0v) is 15.1. The minimum absolute atomic E-state index is 0.0180. The van der Waals surface area contributed by atoms with Crippen LogP contribution in [0.15, 0.2) is 54.6 Å². The lowest BCUT2D eigenvalue weighted by Gasteiger charge is -2.20. The van der Waals surface area contributed by atoms with Crippen LogP contribution in [-0.4, -0.2) is 43.9 Å². The van der Waals surface area contributed by atoms with E-state index in [-0.39, 0.29) is 24.9 Å². The lowest BCUT2D eigenvalue weighted by atomic mass is 10.2. The smallest absolute Gasteiger partial charge is 0.279 e. The van der Waals surface area contributed by atoms with E-state index in [9.17, 15) is 9.59 Å². The molecule has 25 heavy (non-hydrogen) atoms. The first-order valence-corrected chi connectivity index (χ1v) is 8.40. The predicted octanol–water partition coefficient (Wildman–Crippen LogP) is 1.11. The normalized spacial score (nSPS) is 11.6. The van der Waals surface area contributed by atoms with Crippen LogP contribution in [-0.2, 0) is 16.1 Å². The summed E-state index contributed by atoms with van der Waals surface area (Å²) >= 11 is 0. The number of aryl methyl sites for hydroxylation is 1. The fourth-order valence-corrected chi connectivity index (χ4v) is 2.52. The summed E-state index contributed by atoms with van der Waals surface area (Å²) in [4.78, 5) is 26.9. The van der Waals surface area contributed by atoms with E-state index in [0.717, 1.165) is 21.7 Å². The van der Waals surface area contributed by atoms with Gasteiger partial charge in [-0.05, 0) is 24.6 Å². The van der Waals surface area contributed by atoms with Crippen LogP contribution in [0.1, 0.15) is 11.1 Å². The SMILES string of the molecule is Cc1ccc(NC(=O)C[NH+](C)CC(=O)N(C)Cc2ccccc2)cc1. The molecule has 132 valence electrons. The molecule has 5 heteroatoms. The standard InChI is InChI=1S/C20H25N3O2/c1-16-9-11-18(12-10-16)21-19(24)14-22(2)15-20(25)23(3)13-17-7-5-4-6-8-17/h4-12H,13-15H2,1-3H3,(H,21,24)/p+1. The maximum atomic E-state index is 12.3. The molecule has 2 aromatic rings. The summed E-state index contributed by atoms with van der Waals surface area (Å²) in [5.41, 5.74) is 3.01. The Morgan fingerprint density at radius 2 is 1.64 bits per heavy atom. The van der Waals surface area contributed by atoms with E-state index >= 15 is 0 Å². The molecule has 0 fully saturated rings. The molecular weight excluding hydrogens is 314 g/mol. The van der Waals surface area contributed by atoms with Gasteiger partial charge in [-0.3, -0.25) is 9.59 Å². The Hall–Kier alpha value is -2.66. The molecule has 0 radical (unpaired) electrons. The molecular formula is C20H26N3O2+. The summed E-state index contributed by atoms with van der Waals surface area (Å²) in [5.74, 6) is -0.0793. The molecule has 2 rings (SSSR count). The molecule has 0 heterocycles. The van der Waals surface area contributed by atoms with Crippen LogP contribution in [0.2, 0.25) is 0 Å². The molecule has 0 spiro atoms. The highest BCUT2D eigenvalue weighted by Crippen LogP contribution is 2.07. The van der Waals surface area contributed by atoms with Gasteiger partial charge in [-0.2, -0.15) is 0 Å². The molecule has 0 bridgehead atoms. The van der Waals surface area contributed by atoms with Crippen LogP contribution in [0.4, 0.5) is 5.69 Å². The van der Waals surface area contributed by atoms with E-state index in [1.165, 1.54) is 0 Å². The highest BCUT2D eigenvalue weighted by atomic mass is 16.2. The fraction of sp³-hybridized carbons (Fsp3) is 0.300. The highest BCUT2D eigenvalue weighted by molar-refractivity contribution is 5.91. The Labute approximate surface area is 149 Å². The van der Waals surface area contributed by atoms with Crippen molar-refractivity contribution in [1.82, 2.24) is 4.90 Å². The second kappa shape index (κ2) is 8.99. The monoisotopic (exact) mass is 340 g/mol. The Morgan fingerprint density at radius 3 is 2.28 bits per heavy atom. The maximum absolute atomic E-state index is 12.3. The summed E-state index contributed by atoms with van der Waals surface area (Å²) in [5, 5.41) is 2.86. The number of rotatable bonds is 7. The number of hydrogen-bond donors (Lipinski definition) is 2. The van der Waals surface area contributed by atoms with Gasteiger partial charge in [0.05, 0.1) is 7.05 Å². The van der Waals surface area contributed by atoms with Crippen LogP contribution >= 0.6 is 0 Å². The Bertz CT molecular complexity index is 699. The lowest BCUT2D eigenvalue weighted by molar-refractivity contribution is -0.862. The van der Waals surface area contributed by atoms with Gasteiger partial charge >= 0.3 is 0 Å². The summed E-state index contributed by atoms with van der Waals surface area (Å²) in [6.07, 6.45) is 0. The van der Waals surface area contributed by atoms with Gasteiger partial charge in [-0.25, -0.2) is 0 Å². The first-order valence-electron chi connectivity index (χ1n) is 8.40. The van der Waals surface area contributed by atoms with Crippen LogP contribution in [0.25, 0.3) is 0 Å². The van der Waals surface area contributed by atoms with Crippen molar-refractivity contribution in [2.45, 2.75) is 13.5 Å². The van der Waals surface area contributed by atoms with Crippen LogP contribution in [0, 0.1) is 6.92 Å². The molecule has 0 saturated heterocycles. The predicted molar refractivity (Wildman–Crippen MR) is 99.3 cm³/mol. The fourth-order valence-electron chi connectivity index (χ4n) is 2.52. The van der Waals surface area contributed by atoms with Crippen molar-refractivity contribution in [3.8, 4) is 0 Å². The molecule has 0 aliphatic carbocycles. The number of carbonyl (C=O) groups excluding carboxylic acids is 2. The van der Waals surface area contributed by atoms with Crippen LogP contribution in [0.5, 0.6) is 0 Å². The molecule has 2 N–H and O–H groups in total. The number of likely N-dealkylation sites (N-methyl/N-ethyl adjacent to an activating group) is 2. The number of hydrogen-bond acceptors (Lipinski definition) is 2. The zero-order chi connectivity index (χ0) is 18.2. The van der Waals surface area contributed by atoms with E-state index in [2.05, 4.69) is 5.32 Å². The maximum Gasteiger partial charge on any atom is 0.279 e. The third-order valence-electron chi connectivity index (χ3n) is 3.94. The number of carbonyl (C=O) groups is 2. The van der Waals surface area contributed by atoms with E-state index in [4.69, 9.17) is 0 Å².